The summed E-state index contributed by atoms with van der Waals surface area (Å²) in [6.45, 7) is 11.6. The van der Waals surface area contributed by atoms with E-state index in [2.05, 4.69) is 27.7 Å². The van der Waals surface area contributed by atoms with E-state index in [1.54, 1.807) is 0 Å². The summed E-state index contributed by atoms with van der Waals surface area (Å²) in [7, 11) is 0. The summed E-state index contributed by atoms with van der Waals surface area (Å²) in [6, 6.07) is 0. The first kappa shape index (κ1) is 16.7. The summed E-state index contributed by atoms with van der Waals surface area (Å²) in [5.41, 5.74) is -0.0951. The SMILES string of the molecule is CCCC(C)CC(=O)C1(OCC)CCC(C)(C)CC1. The van der Waals surface area contributed by atoms with Gasteiger partial charge in [-0.1, -0.05) is 40.5 Å². The molecule has 1 atom stereocenters. The molecular weight excluding hydrogens is 236 g/mol. The topological polar surface area (TPSA) is 26.3 Å². The first-order chi connectivity index (χ1) is 8.85. The monoisotopic (exact) mass is 268 g/mol. The Morgan fingerprint density at radius 2 is 1.74 bits per heavy atom. The third kappa shape index (κ3) is 4.59. The average Bonchev–Trinajstić information content (AvgIpc) is 2.32. The Kier molecular flexibility index (Phi) is 6.04. The fourth-order valence-electron chi connectivity index (χ4n) is 3.21. The van der Waals surface area contributed by atoms with Gasteiger partial charge in [0.25, 0.3) is 0 Å². The summed E-state index contributed by atoms with van der Waals surface area (Å²) in [5.74, 6) is 0.843. The lowest BCUT2D eigenvalue weighted by Crippen LogP contribution is -2.46. The third-order valence-electron chi connectivity index (χ3n) is 4.66. The minimum Gasteiger partial charge on any atom is -0.368 e. The van der Waals surface area contributed by atoms with Gasteiger partial charge in [0.1, 0.15) is 5.60 Å². The maximum atomic E-state index is 12.7. The molecule has 0 N–H and O–H groups in total. The number of Topliss-reactive ketones (excluding diaryl/α,β-unsaturated/α-hetero) is 1. The fraction of sp³-hybridized carbons (Fsp3) is 0.941. The van der Waals surface area contributed by atoms with Crippen LogP contribution in [0.15, 0.2) is 0 Å². The van der Waals surface area contributed by atoms with Gasteiger partial charge in [0.15, 0.2) is 5.78 Å². The van der Waals surface area contributed by atoms with Gasteiger partial charge in [0.05, 0.1) is 0 Å². The minimum absolute atomic E-state index is 0.353. The maximum Gasteiger partial charge on any atom is 0.164 e. The maximum absolute atomic E-state index is 12.7. The van der Waals surface area contributed by atoms with Crippen molar-refractivity contribution in [1.82, 2.24) is 0 Å². The fourth-order valence-corrected chi connectivity index (χ4v) is 3.21. The first-order valence-electron chi connectivity index (χ1n) is 8.02. The molecule has 1 aliphatic carbocycles. The Hall–Kier alpha value is -0.370. The lowest BCUT2D eigenvalue weighted by atomic mass is 9.68. The van der Waals surface area contributed by atoms with Crippen LogP contribution >= 0.6 is 0 Å². The van der Waals surface area contributed by atoms with Crippen LogP contribution in [0.3, 0.4) is 0 Å². The van der Waals surface area contributed by atoms with Crippen molar-refractivity contribution in [3.8, 4) is 0 Å². The van der Waals surface area contributed by atoms with E-state index in [4.69, 9.17) is 4.74 Å². The molecule has 2 heteroatoms. The zero-order valence-corrected chi connectivity index (χ0v) is 13.6. The number of carbonyl (C=O) groups excluding carboxylic acids is 1. The molecular formula is C17H32O2. The second kappa shape index (κ2) is 6.88. The van der Waals surface area contributed by atoms with E-state index in [1.807, 2.05) is 6.92 Å². The molecule has 19 heavy (non-hydrogen) atoms. The van der Waals surface area contributed by atoms with Crippen molar-refractivity contribution in [2.24, 2.45) is 11.3 Å². The summed E-state index contributed by atoms with van der Waals surface area (Å²) < 4.78 is 5.96. The molecule has 1 fully saturated rings. The smallest absolute Gasteiger partial charge is 0.164 e. The van der Waals surface area contributed by atoms with E-state index >= 15 is 0 Å². The Morgan fingerprint density at radius 1 is 1.16 bits per heavy atom. The summed E-state index contributed by atoms with van der Waals surface area (Å²) in [6.07, 6.45) is 7.00. The first-order valence-corrected chi connectivity index (χ1v) is 8.02. The lowest BCUT2D eigenvalue weighted by Gasteiger charge is -2.42. The number of ketones is 1. The number of hydrogen-bond donors (Lipinski definition) is 0. The molecule has 0 saturated heterocycles. The number of ether oxygens (including phenoxy) is 1. The van der Waals surface area contributed by atoms with Crippen LogP contribution in [0.1, 0.15) is 79.6 Å². The van der Waals surface area contributed by atoms with Gasteiger partial charge in [-0.05, 0) is 43.9 Å². The molecule has 0 heterocycles. The molecule has 1 aliphatic rings. The second-order valence-corrected chi connectivity index (χ2v) is 7.11. The van der Waals surface area contributed by atoms with Crippen LogP contribution in [-0.2, 0) is 9.53 Å². The van der Waals surface area contributed by atoms with Crippen molar-refractivity contribution >= 4 is 5.78 Å². The van der Waals surface area contributed by atoms with Crippen LogP contribution < -0.4 is 0 Å². The Balaban J connectivity index is 2.68. The summed E-state index contributed by atoms with van der Waals surface area (Å²) in [4.78, 5) is 12.7. The predicted molar refractivity (Wildman–Crippen MR) is 80.3 cm³/mol. The van der Waals surface area contributed by atoms with Gasteiger partial charge in [-0.3, -0.25) is 4.79 Å². The van der Waals surface area contributed by atoms with Crippen molar-refractivity contribution in [2.75, 3.05) is 6.61 Å². The summed E-state index contributed by atoms with van der Waals surface area (Å²) >= 11 is 0. The van der Waals surface area contributed by atoms with Crippen LogP contribution in [0.2, 0.25) is 0 Å². The Morgan fingerprint density at radius 3 is 2.21 bits per heavy atom. The van der Waals surface area contributed by atoms with Gasteiger partial charge in [-0.15, -0.1) is 0 Å². The van der Waals surface area contributed by atoms with E-state index < -0.39 is 5.60 Å². The molecule has 0 aromatic rings. The molecule has 0 bridgehead atoms. The molecule has 0 aromatic carbocycles. The van der Waals surface area contributed by atoms with E-state index in [0.29, 0.717) is 30.1 Å². The van der Waals surface area contributed by atoms with Crippen molar-refractivity contribution in [1.29, 1.82) is 0 Å². The number of rotatable bonds is 7. The van der Waals surface area contributed by atoms with Gasteiger partial charge in [0.2, 0.25) is 0 Å². The predicted octanol–water partition coefficient (Wildman–Crippen LogP) is 4.76. The zero-order chi connectivity index (χ0) is 14.5. The molecule has 0 amide bonds. The molecule has 1 unspecified atom stereocenters. The number of hydrogen-bond acceptors (Lipinski definition) is 2. The van der Waals surface area contributed by atoms with Crippen LogP contribution in [0.5, 0.6) is 0 Å². The lowest BCUT2D eigenvalue weighted by molar-refractivity contribution is -0.153. The highest BCUT2D eigenvalue weighted by atomic mass is 16.5. The highest BCUT2D eigenvalue weighted by Gasteiger charge is 2.44. The van der Waals surface area contributed by atoms with Crippen LogP contribution in [0.25, 0.3) is 0 Å². The second-order valence-electron chi connectivity index (χ2n) is 7.11. The van der Waals surface area contributed by atoms with E-state index in [9.17, 15) is 4.79 Å². The van der Waals surface area contributed by atoms with Crippen molar-refractivity contribution in [3.05, 3.63) is 0 Å². The average molecular weight is 268 g/mol. The zero-order valence-electron chi connectivity index (χ0n) is 13.6. The normalized spacial score (nSPS) is 23.0. The summed E-state index contributed by atoms with van der Waals surface area (Å²) in [5, 5.41) is 0. The van der Waals surface area contributed by atoms with Gasteiger partial charge < -0.3 is 4.74 Å². The molecule has 0 spiro atoms. The van der Waals surface area contributed by atoms with Crippen molar-refractivity contribution in [2.45, 2.75) is 85.2 Å². The van der Waals surface area contributed by atoms with Gasteiger partial charge in [-0.2, -0.15) is 0 Å². The molecule has 0 aromatic heterocycles. The quantitative estimate of drug-likeness (QED) is 0.665. The molecule has 0 radical (unpaired) electrons. The molecule has 1 rings (SSSR count). The van der Waals surface area contributed by atoms with Crippen LogP contribution in [0.4, 0.5) is 0 Å². The van der Waals surface area contributed by atoms with Gasteiger partial charge in [-0.25, -0.2) is 0 Å². The highest BCUT2D eigenvalue weighted by Crippen LogP contribution is 2.43. The van der Waals surface area contributed by atoms with Gasteiger partial charge >= 0.3 is 0 Å². The highest BCUT2D eigenvalue weighted by molar-refractivity contribution is 5.87. The van der Waals surface area contributed by atoms with E-state index in [0.717, 1.165) is 38.5 Å². The van der Waals surface area contributed by atoms with Crippen LogP contribution in [-0.4, -0.2) is 18.0 Å². The van der Waals surface area contributed by atoms with Gasteiger partial charge in [0, 0.05) is 13.0 Å². The minimum atomic E-state index is -0.466. The van der Waals surface area contributed by atoms with E-state index in [1.165, 1.54) is 0 Å². The Bertz CT molecular complexity index is 284. The Labute approximate surface area is 119 Å². The molecule has 2 nitrogen and oxygen atoms in total. The van der Waals surface area contributed by atoms with Crippen molar-refractivity contribution in [3.63, 3.8) is 0 Å². The largest absolute Gasteiger partial charge is 0.368 e. The standard InChI is InChI=1S/C17H32O2/c1-6-8-14(3)13-15(18)17(19-7-2)11-9-16(4,5)10-12-17/h14H,6-13H2,1-5H3. The molecule has 1 saturated carbocycles. The molecule has 0 aliphatic heterocycles. The molecule has 112 valence electrons. The third-order valence-corrected chi connectivity index (χ3v) is 4.66. The van der Waals surface area contributed by atoms with E-state index in [-0.39, 0.29) is 0 Å². The van der Waals surface area contributed by atoms with Crippen molar-refractivity contribution < 1.29 is 9.53 Å². The van der Waals surface area contributed by atoms with Crippen LogP contribution in [0, 0.1) is 11.3 Å². The number of carbonyl (C=O) groups is 1.